The molecule has 0 amide bonds. The van der Waals surface area contributed by atoms with Gasteiger partial charge in [-0.15, -0.1) is 0 Å². The molecule has 1 aromatic carbocycles. The first-order valence-electron chi connectivity index (χ1n) is 8.84. The Hall–Kier alpha value is -3.09. The first kappa shape index (κ1) is 16.4. The molecule has 1 aliphatic rings. The lowest BCUT2D eigenvalue weighted by Crippen LogP contribution is -2.51. The number of rotatable bonds is 4. The van der Waals surface area contributed by atoms with Crippen LogP contribution in [0.2, 0.25) is 0 Å². The summed E-state index contributed by atoms with van der Waals surface area (Å²) in [5.41, 5.74) is 7.08. The van der Waals surface area contributed by atoms with Gasteiger partial charge in [-0.3, -0.25) is 4.99 Å². The van der Waals surface area contributed by atoms with Crippen LogP contribution < -0.4 is 10.6 Å². The van der Waals surface area contributed by atoms with Crippen LogP contribution in [0.4, 0.5) is 5.95 Å². The van der Waals surface area contributed by atoms with Crippen molar-refractivity contribution in [3.05, 3.63) is 54.6 Å². The van der Waals surface area contributed by atoms with E-state index in [0.717, 1.165) is 55.3 Å². The highest BCUT2D eigenvalue weighted by Gasteiger charge is 2.19. The normalized spacial score (nSPS) is 15.6. The monoisotopic (exact) mass is 350 g/mol. The molecule has 1 fully saturated rings. The van der Waals surface area contributed by atoms with Gasteiger partial charge < -0.3 is 20.0 Å². The average molecular weight is 350 g/mol. The Morgan fingerprint density at radius 2 is 1.85 bits per heavy atom. The Balaban J connectivity index is 1.29. The first-order chi connectivity index (χ1) is 12.8. The zero-order chi connectivity index (χ0) is 17.8. The fraction of sp³-hybridized carbons (Fsp3) is 0.316. The fourth-order valence-electron chi connectivity index (χ4n) is 3.13. The standard InChI is InChI=1S/C19H22N6O/c20-18(21-9-6-16-14-15-4-1-2-5-17(15)26-16)24-10-12-25(13-11-24)19-22-7-3-8-23-19/h1-5,7-8,14H,6,9-13H2,(H2,20,21). The third kappa shape index (κ3) is 3.61. The smallest absolute Gasteiger partial charge is 0.225 e. The number of guanidine groups is 1. The molecular formula is C19H22N6O. The summed E-state index contributed by atoms with van der Waals surface area (Å²) in [6.07, 6.45) is 4.28. The van der Waals surface area contributed by atoms with Crippen LogP contribution in [0.15, 0.2) is 58.2 Å². The van der Waals surface area contributed by atoms with E-state index < -0.39 is 0 Å². The van der Waals surface area contributed by atoms with Crippen molar-refractivity contribution < 1.29 is 4.42 Å². The molecule has 7 nitrogen and oxygen atoms in total. The third-order valence-electron chi connectivity index (χ3n) is 4.55. The van der Waals surface area contributed by atoms with E-state index in [9.17, 15) is 0 Å². The lowest BCUT2D eigenvalue weighted by molar-refractivity contribution is 0.378. The number of aromatic nitrogens is 2. The molecule has 2 aromatic heterocycles. The molecule has 1 aliphatic heterocycles. The van der Waals surface area contributed by atoms with Gasteiger partial charge in [0.05, 0.1) is 0 Å². The van der Waals surface area contributed by atoms with E-state index in [2.05, 4.69) is 36.9 Å². The second-order valence-corrected chi connectivity index (χ2v) is 6.26. The summed E-state index contributed by atoms with van der Waals surface area (Å²) in [5, 5.41) is 1.12. The second kappa shape index (κ2) is 7.43. The van der Waals surface area contributed by atoms with Crippen molar-refractivity contribution in [1.82, 2.24) is 14.9 Å². The molecule has 0 atom stereocenters. The van der Waals surface area contributed by atoms with Crippen molar-refractivity contribution in [2.75, 3.05) is 37.6 Å². The van der Waals surface area contributed by atoms with Crippen LogP contribution in [0.3, 0.4) is 0 Å². The summed E-state index contributed by atoms with van der Waals surface area (Å²) in [5.74, 6) is 2.30. The highest BCUT2D eigenvalue weighted by atomic mass is 16.3. The topological polar surface area (TPSA) is 83.8 Å². The largest absolute Gasteiger partial charge is 0.461 e. The molecular weight excluding hydrogens is 328 g/mol. The SMILES string of the molecule is NC(=NCCc1cc2ccccc2o1)N1CCN(c2ncccn2)CC1. The lowest BCUT2D eigenvalue weighted by atomic mass is 10.2. The third-order valence-corrected chi connectivity index (χ3v) is 4.55. The number of aliphatic imine (C=N–C) groups is 1. The maximum absolute atomic E-state index is 6.17. The van der Waals surface area contributed by atoms with Gasteiger partial charge in [0.2, 0.25) is 5.95 Å². The van der Waals surface area contributed by atoms with Crippen molar-refractivity contribution in [2.24, 2.45) is 10.7 Å². The zero-order valence-corrected chi connectivity index (χ0v) is 14.6. The van der Waals surface area contributed by atoms with Crippen LogP contribution in [-0.4, -0.2) is 53.6 Å². The van der Waals surface area contributed by atoms with Gasteiger partial charge in [-0.2, -0.15) is 0 Å². The van der Waals surface area contributed by atoms with Crippen molar-refractivity contribution in [3.8, 4) is 0 Å². The molecule has 26 heavy (non-hydrogen) atoms. The van der Waals surface area contributed by atoms with E-state index in [1.54, 1.807) is 12.4 Å². The van der Waals surface area contributed by atoms with Gasteiger partial charge in [-0.25, -0.2) is 9.97 Å². The molecule has 2 N–H and O–H groups in total. The van der Waals surface area contributed by atoms with Crippen LogP contribution in [0, 0.1) is 0 Å². The zero-order valence-electron chi connectivity index (χ0n) is 14.6. The molecule has 3 aromatic rings. The van der Waals surface area contributed by atoms with Crippen LogP contribution in [0.5, 0.6) is 0 Å². The van der Waals surface area contributed by atoms with Crippen molar-refractivity contribution in [3.63, 3.8) is 0 Å². The Morgan fingerprint density at radius 1 is 1.08 bits per heavy atom. The van der Waals surface area contributed by atoms with Crippen molar-refractivity contribution in [2.45, 2.75) is 6.42 Å². The number of benzene rings is 1. The molecule has 0 saturated carbocycles. The molecule has 0 bridgehead atoms. The number of para-hydroxylation sites is 1. The average Bonchev–Trinajstić information content (AvgIpc) is 3.11. The number of nitrogens with zero attached hydrogens (tertiary/aromatic N) is 5. The Bertz CT molecular complexity index is 850. The summed E-state index contributed by atoms with van der Waals surface area (Å²) in [6.45, 7) is 3.93. The number of hydrogen-bond acceptors (Lipinski definition) is 5. The summed E-state index contributed by atoms with van der Waals surface area (Å²) < 4.78 is 5.81. The highest BCUT2D eigenvalue weighted by Crippen LogP contribution is 2.19. The van der Waals surface area contributed by atoms with Gasteiger partial charge in [0.15, 0.2) is 5.96 Å². The molecule has 0 radical (unpaired) electrons. The Labute approximate surface area is 152 Å². The molecule has 3 heterocycles. The van der Waals surface area contributed by atoms with Crippen LogP contribution in [0.25, 0.3) is 11.0 Å². The maximum Gasteiger partial charge on any atom is 0.225 e. The molecule has 4 rings (SSSR count). The number of hydrogen-bond donors (Lipinski definition) is 1. The van der Waals surface area contributed by atoms with Crippen molar-refractivity contribution in [1.29, 1.82) is 0 Å². The summed E-state index contributed by atoms with van der Waals surface area (Å²) in [6, 6.07) is 11.9. The summed E-state index contributed by atoms with van der Waals surface area (Å²) in [4.78, 5) is 17.4. The number of piperazine rings is 1. The van der Waals surface area contributed by atoms with Gasteiger partial charge in [0, 0.05) is 56.9 Å². The first-order valence-corrected chi connectivity index (χ1v) is 8.84. The second-order valence-electron chi connectivity index (χ2n) is 6.26. The van der Waals surface area contributed by atoms with E-state index >= 15 is 0 Å². The van der Waals surface area contributed by atoms with Crippen LogP contribution in [-0.2, 0) is 6.42 Å². The Morgan fingerprint density at radius 3 is 2.62 bits per heavy atom. The molecule has 0 spiro atoms. The number of furan rings is 1. The van der Waals surface area contributed by atoms with E-state index in [1.807, 2.05) is 24.3 Å². The number of nitrogens with two attached hydrogens (primary N) is 1. The molecule has 1 saturated heterocycles. The number of fused-ring (bicyclic) bond motifs is 1. The van der Waals surface area contributed by atoms with Crippen LogP contribution in [0.1, 0.15) is 5.76 Å². The van der Waals surface area contributed by atoms with Gasteiger partial charge in [-0.1, -0.05) is 18.2 Å². The van der Waals surface area contributed by atoms with Gasteiger partial charge in [0.25, 0.3) is 0 Å². The summed E-state index contributed by atoms with van der Waals surface area (Å²) in [7, 11) is 0. The Kier molecular flexibility index (Phi) is 4.68. The van der Waals surface area contributed by atoms with Gasteiger partial charge in [-0.05, 0) is 18.2 Å². The van der Waals surface area contributed by atoms with E-state index in [-0.39, 0.29) is 0 Å². The minimum absolute atomic E-state index is 0.592. The van der Waals surface area contributed by atoms with Gasteiger partial charge >= 0.3 is 0 Å². The molecule has 0 unspecified atom stereocenters. The molecule has 134 valence electrons. The minimum Gasteiger partial charge on any atom is -0.461 e. The molecule has 7 heteroatoms. The van der Waals surface area contributed by atoms with E-state index in [4.69, 9.17) is 10.2 Å². The predicted molar refractivity (Wildman–Crippen MR) is 102 cm³/mol. The molecule has 0 aliphatic carbocycles. The van der Waals surface area contributed by atoms with E-state index in [0.29, 0.717) is 12.5 Å². The van der Waals surface area contributed by atoms with E-state index in [1.165, 1.54) is 0 Å². The van der Waals surface area contributed by atoms with Gasteiger partial charge in [0.1, 0.15) is 11.3 Å². The lowest BCUT2D eigenvalue weighted by Gasteiger charge is -2.35. The highest BCUT2D eigenvalue weighted by molar-refractivity contribution is 5.79. The van der Waals surface area contributed by atoms with Crippen LogP contribution >= 0.6 is 0 Å². The fourth-order valence-corrected chi connectivity index (χ4v) is 3.13. The van der Waals surface area contributed by atoms with Crippen molar-refractivity contribution >= 4 is 22.9 Å². The quantitative estimate of drug-likeness (QED) is 0.571. The predicted octanol–water partition coefficient (Wildman–Crippen LogP) is 1.90. The number of anilines is 1. The maximum atomic E-state index is 6.17. The minimum atomic E-state index is 0.592. The summed E-state index contributed by atoms with van der Waals surface area (Å²) >= 11 is 0.